The molecule has 0 aliphatic rings. The van der Waals surface area contributed by atoms with Gasteiger partial charge in [-0.05, 0) is 89.6 Å². The van der Waals surface area contributed by atoms with Gasteiger partial charge in [0, 0.05) is 32.6 Å². The Bertz CT molecular complexity index is 5890. The summed E-state index contributed by atoms with van der Waals surface area (Å²) in [6.07, 6.45) is 0. The number of hydrogen-bond acceptors (Lipinski definition) is 29. The zero-order valence-corrected chi connectivity index (χ0v) is 50.3. The Kier molecular flexibility index (Phi) is 16.4. The van der Waals surface area contributed by atoms with E-state index in [4.69, 9.17) is 11.5 Å². The summed E-state index contributed by atoms with van der Waals surface area (Å²) in [6.45, 7) is 0. The van der Waals surface area contributed by atoms with Crippen LogP contribution in [0.25, 0.3) is 43.1 Å². The molecule has 0 saturated heterocycles. The zero-order chi connectivity index (χ0) is 67.4. The van der Waals surface area contributed by atoms with Gasteiger partial charge < -0.3 is 26.8 Å². The number of aromatic hydroxyl groups is 3. The lowest BCUT2D eigenvalue weighted by Gasteiger charge is -2.15. The maximum Gasteiger partial charge on any atom is 0.297 e. The van der Waals surface area contributed by atoms with Crippen molar-refractivity contribution < 1.29 is 119 Å². The van der Waals surface area contributed by atoms with Crippen molar-refractivity contribution in [2.24, 2.45) is 40.9 Å². The van der Waals surface area contributed by atoms with Crippen molar-refractivity contribution in [1.29, 1.82) is 0 Å². The van der Waals surface area contributed by atoms with Gasteiger partial charge in [-0.25, -0.2) is 0 Å². The van der Waals surface area contributed by atoms with Crippen molar-refractivity contribution >= 4 is 181 Å². The van der Waals surface area contributed by atoms with Gasteiger partial charge in [0.15, 0.2) is 17.2 Å². The third kappa shape index (κ3) is 12.9. The molecular formula is C46H32N10O27S8. The summed E-state index contributed by atoms with van der Waals surface area (Å²) < 4.78 is 284. The first kappa shape index (κ1) is 66.1. The van der Waals surface area contributed by atoms with E-state index in [-0.39, 0.29) is 17.1 Å². The molecule has 37 nitrogen and oxygen atoms in total. The number of nitrogens with two attached hydrogens (primary N) is 2. The van der Waals surface area contributed by atoms with Gasteiger partial charge in [0.25, 0.3) is 80.9 Å². The molecule has 0 bridgehead atoms. The molecule has 0 heterocycles. The van der Waals surface area contributed by atoms with Crippen LogP contribution < -0.4 is 11.5 Å². The number of hydrogen-bond donors (Lipinski definition) is 13. The van der Waals surface area contributed by atoms with Crippen LogP contribution in [0.5, 0.6) is 17.2 Å². The molecule has 476 valence electrons. The maximum atomic E-state index is 13.2. The number of benzene rings is 9. The van der Waals surface area contributed by atoms with Crippen molar-refractivity contribution in [2.45, 2.75) is 39.2 Å². The summed E-state index contributed by atoms with van der Waals surface area (Å²) in [5, 5.41) is 57.9. The molecule has 45 heteroatoms. The molecule has 0 amide bonds. The van der Waals surface area contributed by atoms with Crippen LogP contribution in [-0.4, -0.2) is 119 Å². The highest BCUT2D eigenvalue weighted by Crippen LogP contribution is 2.51. The molecule has 9 aromatic rings. The molecule has 15 N–H and O–H groups in total. The van der Waals surface area contributed by atoms with Gasteiger partial charge in [-0.1, -0.05) is 24.3 Å². The van der Waals surface area contributed by atoms with E-state index >= 15 is 0 Å². The first-order valence-corrected chi connectivity index (χ1v) is 35.0. The molecule has 0 fully saturated rings. The average molecular weight is 1410 g/mol. The van der Waals surface area contributed by atoms with Gasteiger partial charge in [-0.3, -0.25) is 36.4 Å². The van der Waals surface area contributed by atoms with Gasteiger partial charge >= 0.3 is 0 Å². The predicted octanol–water partition coefficient (Wildman–Crippen LogP) is 8.22. The Balaban J connectivity index is 1.20. The highest BCUT2D eigenvalue weighted by molar-refractivity contribution is 7.88. The third-order valence-corrected chi connectivity index (χ3v) is 19.9. The Hall–Kier alpha value is -9.30. The standard InChI is InChI=1S/C46H32N10O27S8/c47-20-5-9-26(33(15-20)86(66,67)68)49-50-27-8-4-18-12-32(85(63,64)65)30(16-24(18)42(27)57)53-56-41-35(88(72,73)74)14-19-13-34(87(69,70)71)39(38(48)37(19)44(41)59)54-51-29-11-7-22-25(46(29)91(81,82)83)17-36(89(75,76)77)40(43(22)58)55-52-28-10-6-21-23(45(28)90(78,79)80)2-1-3-31(21)84(60,61)62/h1-17,57-59H,47-48H2,(H,60,61,62)(H,63,64,65)(H,66,67,68)(H,69,70,71)(H,72,73,74)(H,75,76,77)(H,78,79,80)(H,81,82,83). The number of fused-ring (bicyclic) bond motifs is 4. The minimum absolute atomic E-state index is 0.120. The molecule has 0 radical (unpaired) electrons. The molecule has 0 aliphatic heterocycles. The molecule has 91 heavy (non-hydrogen) atoms. The Labute approximate surface area is 508 Å². The minimum atomic E-state index is -5.86. The molecule has 0 saturated carbocycles. The maximum absolute atomic E-state index is 13.2. The van der Waals surface area contributed by atoms with E-state index in [9.17, 15) is 119 Å². The number of nitrogen functional groups attached to an aromatic ring is 2. The second kappa shape index (κ2) is 22.6. The lowest BCUT2D eigenvalue weighted by atomic mass is 10.0. The van der Waals surface area contributed by atoms with Crippen molar-refractivity contribution in [3.05, 3.63) is 103 Å². The van der Waals surface area contributed by atoms with Gasteiger partial charge in [0.1, 0.15) is 84.7 Å². The van der Waals surface area contributed by atoms with Crippen LogP contribution in [0.4, 0.5) is 56.9 Å². The zero-order valence-electron chi connectivity index (χ0n) is 43.8. The quantitative estimate of drug-likeness (QED) is 0.0246. The summed E-state index contributed by atoms with van der Waals surface area (Å²) in [4.78, 5) is -10.1. The number of anilines is 2. The normalized spacial score (nSPS) is 13.6. The Morgan fingerprint density at radius 1 is 0.286 bits per heavy atom. The Morgan fingerprint density at radius 2 is 0.703 bits per heavy atom. The van der Waals surface area contributed by atoms with Crippen LogP contribution in [0.1, 0.15) is 0 Å². The second-order valence-corrected chi connectivity index (χ2v) is 29.5. The van der Waals surface area contributed by atoms with E-state index < -0.39 is 226 Å². The second-order valence-electron chi connectivity index (χ2n) is 18.5. The molecule has 0 atom stereocenters. The highest BCUT2D eigenvalue weighted by Gasteiger charge is 2.32. The lowest BCUT2D eigenvalue weighted by molar-refractivity contribution is 0.471. The van der Waals surface area contributed by atoms with Crippen molar-refractivity contribution in [3.63, 3.8) is 0 Å². The topological polar surface area (TPSA) is 647 Å². The largest absolute Gasteiger partial charge is 0.505 e. The van der Waals surface area contributed by atoms with E-state index in [0.717, 1.165) is 48.5 Å². The summed E-state index contributed by atoms with van der Waals surface area (Å²) in [5.41, 5.74) is 2.52. The first-order chi connectivity index (χ1) is 41.8. The number of phenolic OH excluding ortho intramolecular Hbond substituents is 3. The third-order valence-electron chi connectivity index (χ3n) is 12.7. The van der Waals surface area contributed by atoms with Gasteiger partial charge in [0.05, 0.1) is 11.1 Å². The minimum Gasteiger partial charge on any atom is -0.505 e. The summed E-state index contributed by atoms with van der Waals surface area (Å²) in [5.74, 6) is -3.84. The molecule has 0 aliphatic carbocycles. The fraction of sp³-hybridized carbons (Fsp3) is 0. The van der Waals surface area contributed by atoms with Crippen molar-refractivity contribution in [1.82, 2.24) is 0 Å². The van der Waals surface area contributed by atoms with Crippen LogP contribution in [0.15, 0.2) is 183 Å². The van der Waals surface area contributed by atoms with Crippen LogP contribution >= 0.6 is 0 Å². The van der Waals surface area contributed by atoms with Crippen LogP contribution in [0.2, 0.25) is 0 Å². The highest BCUT2D eigenvalue weighted by atomic mass is 32.2. The van der Waals surface area contributed by atoms with Crippen LogP contribution in [-0.2, 0) is 80.9 Å². The Morgan fingerprint density at radius 3 is 1.24 bits per heavy atom. The smallest absolute Gasteiger partial charge is 0.297 e. The van der Waals surface area contributed by atoms with Crippen molar-refractivity contribution in [3.8, 4) is 17.2 Å². The first-order valence-electron chi connectivity index (χ1n) is 23.4. The van der Waals surface area contributed by atoms with Gasteiger partial charge in [0.2, 0.25) is 0 Å². The summed E-state index contributed by atoms with van der Waals surface area (Å²) >= 11 is 0. The summed E-state index contributed by atoms with van der Waals surface area (Å²) in [7, 11) is -43.9. The molecule has 0 spiro atoms. The van der Waals surface area contributed by atoms with Crippen LogP contribution in [0.3, 0.4) is 0 Å². The van der Waals surface area contributed by atoms with E-state index in [1.54, 1.807) is 0 Å². The van der Waals surface area contributed by atoms with E-state index in [0.29, 0.717) is 42.5 Å². The monoisotopic (exact) mass is 1410 g/mol. The SMILES string of the molecule is Nc1ccc(N=Nc2ccc3cc(S(=O)(=O)O)c(N=Nc4c(S(=O)(=O)O)cc5cc(S(=O)(=O)O)c(N=Nc6ccc7c(O)c(N=Nc8ccc9c(S(=O)(=O)O)cccc9c8S(=O)(=O)O)c(S(=O)(=O)O)cc7c6S(=O)(=O)O)c(N)c5c4O)cc3c2O)c(S(=O)(=O)O)c1. The molecule has 0 aromatic heterocycles. The van der Waals surface area contributed by atoms with Gasteiger partial charge in [-0.2, -0.15) is 67.3 Å². The predicted molar refractivity (Wildman–Crippen MR) is 311 cm³/mol. The average Bonchev–Trinajstić information content (AvgIpc) is 0.758. The van der Waals surface area contributed by atoms with Gasteiger partial charge in [-0.15, -0.1) is 40.9 Å². The van der Waals surface area contributed by atoms with Crippen molar-refractivity contribution in [2.75, 3.05) is 11.5 Å². The number of phenols is 3. The molecule has 9 rings (SSSR count). The van der Waals surface area contributed by atoms with E-state index in [1.807, 2.05) is 0 Å². The number of nitrogens with zero attached hydrogens (tertiary/aromatic N) is 8. The lowest BCUT2D eigenvalue weighted by Crippen LogP contribution is -2.04. The molecule has 0 unspecified atom stereocenters. The number of azo groups is 4. The fourth-order valence-electron chi connectivity index (χ4n) is 8.91. The molecular weight excluding hydrogens is 1380 g/mol. The van der Waals surface area contributed by atoms with E-state index in [1.165, 1.54) is 6.07 Å². The summed E-state index contributed by atoms with van der Waals surface area (Å²) in [6, 6.07) is 13.0. The fourth-order valence-corrected chi connectivity index (χ4v) is 14.5. The molecule has 9 aromatic carbocycles. The van der Waals surface area contributed by atoms with E-state index in [2.05, 4.69) is 40.9 Å². The van der Waals surface area contributed by atoms with Crippen LogP contribution in [0, 0.1) is 0 Å². The number of rotatable bonds is 16.